The summed E-state index contributed by atoms with van der Waals surface area (Å²) in [6, 6.07) is 9.96. The number of fused-ring (bicyclic) bond motifs is 1. The molecule has 2 aliphatic heterocycles. The topological polar surface area (TPSA) is 47.6 Å². The van der Waals surface area contributed by atoms with Crippen molar-refractivity contribution in [2.75, 3.05) is 41.7 Å². The maximum absolute atomic E-state index is 14.8. The summed E-state index contributed by atoms with van der Waals surface area (Å²) in [6.07, 6.45) is 2.53. The number of anilines is 3. The van der Waals surface area contributed by atoms with Crippen LogP contribution in [-0.2, 0) is 4.79 Å². The first-order valence-corrected chi connectivity index (χ1v) is 10.3. The van der Waals surface area contributed by atoms with E-state index in [0.29, 0.717) is 23.1 Å². The Labute approximate surface area is 175 Å². The lowest BCUT2D eigenvalue weighted by molar-refractivity contribution is -0.110. The fourth-order valence-electron chi connectivity index (χ4n) is 4.01. The SMILES string of the molecule is CCC(C)N1CCN(c2ccc(NC=C3C(=O)Nc4cccc(F)c43)cc2F)CC1. The predicted octanol–water partition coefficient (Wildman–Crippen LogP) is 4.29. The van der Waals surface area contributed by atoms with Gasteiger partial charge in [0.2, 0.25) is 0 Å². The van der Waals surface area contributed by atoms with Crippen LogP contribution in [0.5, 0.6) is 0 Å². The van der Waals surface area contributed by atoms with E-state index < -0.39 is 5.82 Å². The summed E-state index contributed by atoms with van der Waals surface area (Å²) in [5.41, 5.74) is 1.93. The summed E-state index contributed by atoms with van der Waals surface area (Å²) >= 11 is 0. The van der Waals surface area contributed by atoms with E-state index in [2.05, 4.69) is 34.3 Å². The number of rotatable bonds is 5. The molecule has 1 unspecified atom stereocenters. The molecular weight excluding hydrogens is 386 g/mol. The minimum absolute atomic E-state index is 0.189. The molecule has 30 heavy (non-hydrogen) atoms. The molecule has 2 heterocycles. The largest absolute Gasteiger partial charge is 0.367 e. The summed E-state index contributed by atoms with van der Waals surface area (Å²) in [4.78, 5) is 16.7. The van der Waals surface area contributed by atoms with E-state index in [0.717, 1.165) is 32.6 Å². The summed E-state index contributed by atoms with van der Waals surface area (Å²) < 4.78 is 28.9. The van der Waals surface area contributed by atoms with Gasteiger partial charge in [0, 0.05) is 49.7 Å². The average Bonchev–Trinajstić information content (AvgIpc) is 3.08. The van der Waals surface area contributed by atoms with Gasteiger partial charge in [-0.25, -0.2) is 8.78 Å². The van der Waals surface area contributed by atoms with E-state index in [-0.39, 0.29) is 22.9 Å². The normalized spacial score (nSPS) is 19.0. The number of nitrogens with zero attached hydrogens (tertiary/aromatic N) is 2. The molecule has 0 aromatic heterocycles. The van der Waals surface area contributed by atoms with Gasteiger partial charge in [0.15, 0.2) is 0 Å². The molecule has 0 radical (unpaired) electrons. The summed E-state index contributed by atoms with van der Waals surface area (Å²) in [5, 5.41) is 5.56. The molecule has 0 spiro atoms. The summed E-state index contributed by atoms with van der Waals surface area (Å²) in [6.45, 7) is 7.81. The summed E-state index contributed by atoms with van der Waals surface area (Å²) in [7, 11) is 0. The molecule has 5 nitrogen and oxygen atoms in total. The number of carbonyl (C=O) groups excluding carboxylic acids is 1. The molecule has 2 aromatic carbocycles. The van der Waals surface area contributed by atoms with Crippen LogP contribution in [0, 0.1) is 11.6 Å². The Kier molecular flexibility index (Phi) is 5.72. The Bertz CT molecular complexity index is 983. The van der Waals surface area contributed by atoms with E-state index in [4.69, 9.17) is 0 Å². The fraction of sp³-hybridized carbons (Fsp3) is 0.348. The predicted molar refractivity (Wildman–Crippen MR) is 117 cm³/mol. The van der Waals surface area contributed by atoms with Gasteiger partial charge in [0.05, 0.1) is 16.9 Å². The molecule has 4 rings (SSSR count). The minimum Gasteiger partial charge on any atom is -0.367 e. The first kappa shape index (κ1) is 20.3. The molecule has 1 fully saturated rings. The zero-order valence-corrected chi connectivity index (χ0v) is 17.2. The van der Waals surface area contributed by atoms with Crippen molar-refractivity contribution < 1.29 is 13.6 Å². The van der Waals surface area contributed by atoms with Gasteiger partial charge in [-0.2, -0.15) is 0 Å². The van der Waals surface area contributed by atoms with Crippen molar-refractivity contribution in [3.05, 3.63) is 59.8 Å². The number of nitrogens with one attached hydrogen (secondary N) is 2. The Morgan fingerprint density at radius 2 is 1.90 bits per heavy atom. The maximum atomic E-state index is 14.8. The van der Waals surface area contributed by atoms with Crippen LogP contribution in [0.1, 0.15) is 25.8 Å². The number of carbonyl (C=O) groups is 1. The first-order valence-electron chi connectivity index (χ1n) is 10.3. The molecule has 158 valence electrons. The standard InChI is InChI=1S/C23H26F2N4O/c1-3-15(2)28-9-11-29(12-10-28)21-8-7-16(13-19(21)25)26-14-17-22-18(24)5-4-6-20(22)27-23(17)30/h4-8,13-15,26H,3,9-12H2,1-2H3,(H,27,30). The van der Waals surface area contributed by atoms with E-state index in [9.17, 15) is 13.6 Å². The Morgan fingerprint density at radius 1 is 1.13 bits per heavy atom. The molecule has 2 aliphatic rings. The number of hydrogen-bond donors (Lipinski definition) is 2. The van der Waals surface area contributed by atoms with Crippen molar-refractivity contribution in [3.63, 3.8) is 0 Å². The lowest BCUT2D eigenvalue weighted by Crippen LogP contribution is -2.49. The molecule has 1 amide bonds. The van der Waals surface area contributed by atoms with Gasteiger partial charge in [0.25, 0.3) is 5.91 Å². The second-order valence-electron chi connectivity index (χ2n) is 7.77. The number of hydrogen-bond acceptors (Lipinski definition) is 4. The molecule has 0 saturated carbocycles. The quantitative estimate of drug-likeness (QED) is 0.720. The smallest absolute Gasteiger partial charge is 0.257 e. The van der Waals surface area contributed by atoms with Crippen molar-refractivity contribution in [1.29, 1.82) is 0 Å². The number of benzene rings is 2. The second kappa shape index (κ2) is 8.44. The molecule has 1 atom stereocenters. The molecule has 0 aliphatic carbocycles. The molecule has 0 bridgehead atoms. The Hall–Kier alpha value is -2.93. The van der Waals surface area contributed by atoms with E-state index >= 15 is 0 Å². The second-order valence-corrected chi connectivity index (χ2v) is 7.77. The van der Waals surface area contributed by atoms with Crippen molar-refractivity contribution in [1.82, 2.24) is 4.90 Å². The van der Waals surface area contributed by atoms with Crippen LogP contribution < -0.4 is 15.5 Å². The minimum atomic E-state index is -0.475. The number of halogens is 2. The molecule has 2 N–H and O–H groups in total. The summed E-state index contributed by atoms with van der Waals surface area (Å²) in [5.74, 6) is -1.19. The van der Waals surface area contributed by atoms with Crippen LogP contribution in [0.4, 0.5) is 25.8 Å². The average molecular weight is 412 g/mol. The van der Waals surface area contributed by atoms with Crippen LogP contribution in [-0.4, -0.2) is 43.0 Å². The van der Waals surface area contributed by atoms with Crippen LogP contribution in [0.2, 0.25) is 0 Å². The maximum Gasteiger partial charge on any atom is 0.257 e. The number of piperazine rings is 1. The van der Waals surface area contributed by atoms with Crippen molar-refractivity contribution in [2.24, 2.45) is 0 Å². The zero-order chi connectivity index (χ0) is 21.3. The highest BCUT2D eigenvalue weighted by Gasteiger charge is 2.27. The highest BCUT2D eigenvalue weighted by atomic mass is 19.1. The van der Waals surface area contributed by atoms with Crippen molar-refractivity contribution in [3.8, 4) is 0 Å². The van der Waals surface area contributed by atoms with Gasteiger partial charge >= 0.3 is 0 Å². The van der Waals surface area contributed by atoms with Gasteiger partial charge in [-0.3, -0.25) is 9.69 Å². The van der Waals surface area contributed by atoms with E-state index in [1.165, 1.54) is 18.3 Å². The lowest BCUT2D eigenvalue weighted by atomic mass is 10.1. The van der Waals surface area contributed by atoms with E-state index in [1.807, 2.05) is 0 Å². The van der Waals surface area contributed by atoms with Gasteiger partial charge < -0.3 is 15.5 Å². The van der Waals surface area contributed by atoms with Crippen LogP contribution in [0.25, 0.3) is 5.57 Å². The Balaban J connectivity index is 1.46. The third kappa shape index (κ3) is 3.89. The highest BCUT2D eigenvalue weighted by Crippen LogP contribution is 2.34. The van der Waals surface area contributed by atoms with Crippen LogP contribution in [0.3, 0.4) is 0 Å². The fourth-order valence-corrected chi connectivity index (χ4v) is 4.01. The molecule has 1 saturated heterocycles. The number of amides is 1. The zero-order valence-electron chi connectivity index (χ0n) is 17.2. The van der Waals surface area contributed by atoms with Gasteiger partial charge in [-0.1, -0.05) is 13.0 Å². The van der Waals surface area contributed by atoms with E-state index in [1.54, 1.807) is 24.3 Å². The van der Waals surface area contributed by atoms with Gasteiger partial charge in [0.1, 0.15) is 11.6 Å². The lowest BCUT2D eigenvalue weighted by Gasteiger charge is -2.39. The van der Waals surface area contributed by atoms with Crippen LogP contribution in [0.15, 0.2) is 42.6 Å². The molecule has 7 heteroatoms. The Morgan fingerprint density at radius 3 is 2.60 bits per heavy atom. The third-order valence-electron chi connectivity index (χ3n) is 5.98. The van der Waals surface area contributed by atoms with Gasteiger partial charge in [-0.05, 0) is 43.7 Å². The first-order chi connectivity index (χ1) is 14.5. The monoisotopic (exact) mass is 412 g/mol. The van der Waals surface area contributed by atoms with Crippen LogP contribution >= 0.6 is 0 Å². The highest BCUT2D eigenvalue weighted by molar-refractivity contribution is 6.31. The van der Waals surface area contributed by atoms with Crippen molar-refractivity contribution >= 4 is 28.5 Å². The van der Waals surface area contributed by atoms with Gasteiger partial charge in [-0.15, -0.1) is 0 Å². The molecule has 2 aromatic rings. The molecular formula is C23H26F2N4O. The van der Waals surface area contributed by atoms with Crippen molar-refractivity contribution in [2.45, 2.75) is 26.3 Å². The third-order valence-corrected chi connectivity index (χ3v) is 5.98.